The topological polar surface area (TPSA) is 72.6 Å². The number of pyridine rings is 1. The molecule has 0 spiro atoms. The number of hydrogen-bond acceptors (Lipinski definition) is 5. The lowest BCUT2D eigenvalue weighted by molar-refractivity contribution is -0.138. The molecule has 4 rings (SSSR count). The molecule has 144 valence electrons. The van der Waals surface area contributed by atoms with Gasteiger partial charge in [0.2, 0.25) is 0 Å². The van der Waals surface area contributed by atoms with E-state index >= 15 is 0 Å². The predicted molar refractivity (Wildman–Crippen MR) is 105 cm³/mol. The third-order valence-electron chi connectivity index (χ3n) is 4.98. The molecule has 0 saturated carbocycles. The van der Waals surface area contributed by atoms with Crippen LogP contribution in [0.25, 0.3) is 22.4 Å². The minimum absolute atomic E-state index is 0.147. The minimum atomic E-state index is -0.827. The number of fused-ring (bicyclic) bond motifs is 1. The number of furan rings is 1. The van der Waals surface area contributed by atoms with Crippen molar-refractivity contribution in [3.8, 4) is 11.5 Å². The summed E-state index contributed by atoms with van der Waals surface area (Å²) in [5, 5.41) is 0.681. The molecule has 0 radical (unpaired) electrons. The zero-order chi connectivity index (χ0) is 19.7. The lowest BCUT2D eigenvalue weighted by Crippen LogP contribution is -2.38. The van der Waals surface area contributed by atoms with Crippen molar-refractivity contribution in [3.63, 3.8) is 0 Å². The first-order chi connectivity index (χ1) is 13.5. The lowest BCUT2D eigenvalue weighted by atomic mass is 10.1. The molecule has 1 unspecified atom stereocenters. The first-order valence-corrected chi connectivity index (χ1v) is 9.49. The Kier molecular flexibility index (Phi) is 4.86. The summed E-state index contributed by atoms with van der Waals surface area (Å²) in [6, 6.07) is 12.7. The highest BCUT2D eigenvalue weighted by atomic mass is 16.5. The lowest BCUT2D eigenvalue weighted by Gasteiger charge is -2.20. The van der Waals surface area contributed by atoms with E-state index in [2.05, 4.69) is 4.98 Å². The van der Waals surface area contributed by atoms with E-state index in [1.807, 2.05) is 43.3 Å². The van der Waals surface area contributed by atoms with Gasteiger partial charge in [0.15, 0.2) is 11.9 Å². The van der Waals surface area contributed by atoms with Crippen LogP contribution in [0.2, 0.25) is 0 Å². The molecule has 1 amide bonds. The van der Waals surface area contributed by atoms with Crippen LogP contribution in [0.15, 0.2) is 46.9 Å². The molecule has 0 N–H and O–H groups in total. The molecule has 1 aliphatic rings. The molecular weight excluding hydrogens is 356 g/mol. The van der Waals surface area contributed by atoms with Crippen LogP contribution in [-0.2, 0) is 9.53 Å². The van der Waals surface area contributed by atoms with E-state index in [1.165, 1.54) is 0 Å². The largest absolute Gasteiger partial charge is 0.460 e. The van der Waals surface area contributed by atoms with Crippen molar-refractivity contribution < 1.29 is 18.7 Å². The smallest absolute Gasteiger partial charge is 0.339 e. The number of para-hydroxylation sites is 1. The number of esters is 1. The molecule has 2 aromatic heterocycles. The van der Waals surface area contributed by atoms with Gasteiger partial charge in [-0.2, -0.15) is 0 Å². The van der Waals surface area contributed by atoms with Crippen LogP contribution in [0.3, 0.4) is 0 Å². The Bertz CT molecular complexity index is 1030. The first kappa shape index (κ1) is 18.2. The summed E-state index contributed by atoms with van der Waals surface area (Å²) in [5.41, 5.74) is 1.59. The SMILES string of the molecule is Cc1ccc(-c2cc(C(=O)OC(C)C(=O)N3CCCC3)c3ccccc3n2)o1. The van der Waals surface area contributed by atoms with Crippen molar-refractivity contribution in [3.05, 3.63) is 53.8 Å². The Labute approximate surface area is 163 Å². The van der Waals surface area contributed by atoms with E-state index in [0.29, 0.717) is 27.9 Å². The first-order valence-electron chi connectivity index (χ1n) is 9.49. The molecule has 0 aliphatic carbocycles. The van der Waals surface area contributed by atoms with Crippen molar-refractivity contribution >= 4 is 22.8 Å². The van der Waals surface area contributed by atoms with Crippen LogP contribution in [0.4, 0.5) is 0 Å². The number of rotatable bonds is 4. The van der Waals surface area contributed by atoms with Crippen LogP contribution < -0.4 is 0 Å². The van der Waals surface area contributed by atoms with Crippen LogP contribution in [0.1, 0.15) is 35.9 Å². The van der Waals surface area contributed by atoms with Crippen LogP contribution in [-0.4, -0.2) is 41.0 Å². The maximum atomic E-state index is 12.9. The summed E-state index contributed by atoms with van der Waals surface area (Å²) >= 11 is 0. The molecular formula is C22H22N2O4. The predicted octanol–water partition coefficient (Wildman–Crippen LogP) is 3.97. The fourth-order valence-corrected chi connectivity index (χ4v) is 3.51. The van der Waals surface area contributed by atoms with Crippen molar-refractivity contribution in [2.24, 2.45) is 0 Å². The average molecular weight is 378 g/mol. The molecule has 6 heteroatoms. The Morgan fingerprint density at radius 1 is 1.14 bits per heavy atom. The number of hydrogen-bond donors (Lipinski definition) is 0. The standard InChI is InChI=1S/C22H22N2O4/c1-14-9-10-20(27-14)19-13-17(16-7-3-4-8-18(16)23-19)22(26)28-15(2)21(25)24-11-5-6-12-24/h3-4,7-10,13,15H,5-6,11-12H2,1-2H3. The van der Waals surface area contributed by atoms with Crippen molar-refractivity contribution in [2.45, 2.75) is 32.8 Å². The van der Waals surface area contributed by atoms with Gasteiger partial charge in [-0.05, 0) is 51.0 Å². The summed E-state index contributed by atoms with van der Waals surface area (Å²) in [4.78, 5) is 31.8. The molecule has 1 saturated heterocycles. The van der Waals surface area contributed by atoms with Crippen molar-refractivity contribution in [2.75, 3.05) is 13.1 Å². The van der Waals surface area contributed by atoms with Crippen molar-refractivity contribution in [1.29, 1.82) is 0 Å². The second kappa shape index (κ2) is 7.46. The molecule has 1 aliphatic heterocycles. The van der Waals surface area contributed by atoms with Gasteiger partial charge in [0.25, 0.3) is 5.91 Å². The second-order valence-electron chi connectivity index (χ2n) is 7.06. The van der Waals surface area contributed by atoms with E-state index in [9.17, 15) is 9.59 Å². The van der Waals surface area contributed by atoms with Crippen molar-refractivity contribution in [1.82, 2.24) is 9.88 Å². The molecule has 3 aromatic rings. The Morgan fingerprint density at radius 2 is 1.89 bits per heavy atom. The number of likely N-dealkylation sites (tertiary alicyclic amines) is 1. The number of benzene rings is 1. The van der Waals surface area contributed by atoms with E-state index in [1.54, 1.807) is 17.9 Å². The molecule has 6 nitrogen and oxygen atoms in total. The maximum Gasteiger partial charge on any atom is 0.339 e. The number of carbonyl (C=O) groups is 2. The van der Waals surface area contributed by atoms with Gasteiger partial charge in [0, 0.05) is 18.5 Å². The second-order valence-corrected chi connectivity index (χ2v) is 7.06. The molecule has 1 fully saturated rings. The van der Waals surface area contributed by atoms with Gasteiger partial charge in [-0.15, -0.1) is 0 Å². The zero-order valence-electron chi connectivity index (χ0n) is 16.0. The van der Waals surface area contributed by atoms with Gasteiger partial charge < -0.3 is 14.1 Å². The number of ether oxygens (including phenoxy) is 1. The van der Waals surface area contributed by atoms with E-state index in [4.69, 9.17) is 9.15 Å². The molecule has 28 heavy (non-hydrogen) atoms. The number of aryl methyl sites for hydroxylation is 1. The monoisotopic (exact) mass is 378 g/mol. The van der Waals surface area contributed by atoms with Gasteiger partial charge in [0.05, 0.1) is 11.1 Å². The molecule has 0 bridgehead atoms. The zero-order valence-corrected chi connectivity index (χ0v) is 16.0. The maximum absolute atomic E-state index is 12.9. The number of carbonyl (C=O) groups excluding carboxylic acids is 2. The Hall–Kier alpha value is -3.15. The van der Waals surface area contributed by atoms with Gasteiger partial charge in [-0.1, -0.05) is 18.2 Å². The molecule has 1 aromatic carbocycles. The van der Waals surface area contributed by atoms with E-state index < -0.39 is 12.1 Å². The normalized spacial score (nSPS) is 15.0. The van der Waals surface area contributed by atoms with Gasteiger partial charge in [-0.3, -0.25) is 4.79 Å². The summed E-state index contributed by atoms with van der Waals surface area (Å²) in [5.74, 6) is 0.659. The molecule has 3 heterocycles. The highest BCUT2D eigenvalue weighted by molar-refractivity contribution is 6.05. The van der Waals surface area contributed by atoms with Gasteiger partial charge >= 0.3 is 5.97 Å². The summed E-state index contributed by atoms with van der Waals surface area (Å²) < 4.78 is 11.2. The third-order valence-corrected chi connectivity index (χ3v) is 4.98. The summed E-state index contributed by atoms with van der Waals surface area (Å²) in [6.45, 7) is 4.92. The Balaban J connectivity index is 1.66. The quantitative estimate of drug-likeness (QED) is 0.642. The summed E-state index contributed by atoms with van der Waals surface area (Å²) in [7, 11) is 0. The highest BCUT2D eigenvalue weighted by Gasteiger charge is 2.27. The fourth-order valence-electron chi connectivity index (χ4n) is 3.51. The van der Waals surface area contributed by atoms with Gasteiger partial charge in [0.1, 0.15) is 11.5 Å². The van der Waals surface area contributed by atoms with Gasteiger partial charge in [-0.25, -0.2) is 9.78 Å². The fraction of sp³-hybridized carbons (Fsp3) is 0.318. The summed E-state index contributed by atoms with van der Waals surface area (Å²) in [6.07, 6.45) is 1.16. The Morgan fingerprint density at radius 3 is 2.61 bits per heavy atom. The number of amides is 1. The highest BCUT2D eigenvalue weighted by Crippen LogP contribution is 2.27. The van der Waals surface area contributed by atoms with Crippen LogP contribution in [0, 0.1) is 6.92 Å². The van der Waals surface area contributed by atoms with E-state index in [0.717, 1.165) is 31.7 Å². The number of nitrogens with zero attached hydrogens (tertiary/aromatic N) is 2. The van der Waals surface area contributed by atoms with Crippen LogP contribution >= 0.6 is 0 Å². The average Bonchev–Trinajstić information content (AvgIpc) is 3.38. The van der Waals surface area contributed by atoms with E-state index in [-0.39, 0.29) is 5.91 Å². The minimum Gasteiger partial charge on any atom is -0.460 e. The number of aromatic nitrogens is 1. The molecule has 1 atom stereocenters. The third kappa shape index (κ3) is 3.50. The van der Waals surface area contributed by atoms with Crippen LogP contribution in [0.5, 0.6) is 0 Å².